The van der Waals surface area contributed by atoms with Gasteiger partial charge in [0, 0.05) is 11.3 Å². The predicted octanol–water partition coefficient (Wildman–Crippen LogP) is 4.51. The monoisotopic (exact) mass is 352 g/mol. The Bertz CT molecular complexity index is 747. The number of aryl methyl sites for hydroxylation is 1. The number of hydrogen-bond donors (Lipinski definition) is 2. The highest BCUT2D eigenvalue weighted by Gasteiger charge is 2.24. The highest BCUT2D eigenvalue weighted by atomic mass is 16.2. The summed E-state index contributed by atoms with van der Waals surface area (Å²) >= 11 is 0. The lowest BCUT2D eigenvalue weighted by Crippen LogP contribution is -2.47. The lowest BCUT2D eigenvalue weighted by Gasteiger charge is -2.22. The van der Waals surface area contributed by atoms with Crippen molar-refractivity contribution in [3.05, 3.63) is 65.2 Å². The largest absolute Gasteiger partial charge is 0.340 e. The van der Waals surface area contributed by atoms with E-state index >= 15 is 0 Å². The van der Waals surface area contributed by atoms with Gasteiger partial charge in [-0.05, 0) is 48.6 Å². The Morgan fingerprint density at radius 3 is 1.92 bits per heavy atom. The first-order chi connectivity index (χ1) is 12.3. The van der Waals surface area contributed by atoms with Crippen LogP contribution in [0.1, 0.15) is 55.1 Å². The van der Waals surface area contributed by atoms with E-state index in [9.17, 15) is 9.59 Å². The molecule has 0 saturated heterocycles. The standard InChI is InChI=1S/C22H28N2O2/c1-14(2)17-10-12-19(13-11-17)23-22(26)20(15(3)4)24-21(25)18-8-6-16(5)7-9-18/h6-15,20H,1-5H3,(H,23,26)(H,24,25). The van der Waals surface area contributed by atoms with Crippen molar-refractivity contribution in [1.82, 2.24) is 5.32 Å². The fourth-order valence-electron chi connectivity index (χ4n) is 2.64. The fourth-order valence-corrected chi connectivity index (χ4v) is 2.64. The number of carbonyl (C=O) groups is 2. The minimum Gasteiger partial charge on any atom is -0.340 e. The van der Waals surface area contributed by atoms with Crippen LogP contribution in [0.15, 0.2) is 48.5 Å². The Labute approximate surface area is 156 Å². The van der Waals surface area contributed by atoms with E-state index in [1.165, 1.54) is 5.56 Å². The molecule has 0 heterocycles. The molecule has 0 fully saturated rings. The second-order valence-corrected chi connectivity index (χ2v) is 7.33. The minimum atomic E-state index is -0.603. The van der Waals surface area contributed by atoms with Crippen LogP contribution in [-0.4, -0.2) is 17.9 Å². The molecule has 0 aliphatic heterocycles. The number of anilines is 1. The normalized spacial score (nSPS) is 12.1. The molecule has 4 nitrogen and oxygen atoms in total. The number of hydrogen-bond acceptors (Lipinski definition) is 2. The summed E-state index contributed by atoms with van der Waals surface area (Å²) in [6.45, 7) is 10.1. The van der Waals surface area contributed by atoms with Gasteiger partial charge in [0.05, 0.1) is 0 Å². The van der Waals surface area contributed by atoms with Crippen molar-refractivity contribution < 1.29 is 9.59 Å². The fraction of sp³-hybridized carbons (Fsp3) is 0.364. The van der Waals surface area contributed by atoms with E-state index < -0.39 is 6.04 Å². The van der Waals surface area contributed by atoms with Crippen molar-refractivity contribution >= 4 is 17.5 Å². The molecule has 0 aliphatic rings. The zero-order chi connectivity index (χ0) is 19.3. The Balaban J connectivity index is 2.07. The van der Waals surface area contributed by atoms with Gasteiger partial charge in [0.15, 0.2) is 0 Å². The van der Waals surface area contributed by atoms with E-state index in [0.717, 1.165) is 11.3 Å². The van der Waals surface area contributed by atoms with Crippen LogP contribution in [0.5, 0.6) is 0 Å². The number of rotatable bonds is 6. The van der Waals surface area contributed by atoms with E-state index in [4.69, 9.17) is 0 Å². The van der Waals surface area contributed by atoms with Crippen LogP contribution in [-0.2, 0) is 4.79 Å². The van der Waals surface area contributed by atoms with Gasteiger partial charge in [-0.3, -0.25) is 9.59 Å². The van der Waals surface area contributed by atoms with Crippen molar-refractivity contribution in [3.63, 3.8) is 0 Å². The molecule has 1 unspecified atom stereocenters. The average Bonchev–Trinajstić information content (AvgIpc) is 2.60. The summed E-state index contributed by atoms with van der Waals surface area (Å²) in [5, 5.41) is 5.75. The average molecular weight is 352 g/mol. The Kier molecular flexibility index (Phi) is 6.56. The Morgan fingerprint density at radius 2 is 1.42 bits per heavy atom. The maximum absolute atomic E-state index is 12.7. The van der Waals surface area contributed by atoms with E-state index in [0.29, 0.717) is 11.5 Å². The van der Waals surface area contributed by atoms with Crippen LogP contribution in [0.3, 0.4) is 0 Å². The molecule has 2 rings (SSSR count). The third kappa shape index (κ3) is 5.19. The van der Waals surface area contributed by atoms with Gasteiger partial charge in [-0.2, -0.15) is 0 Å². The van der Waals surface area contributed by atoms with Crippen molar-refractivity contribution in [2.75, 3.05) is 5.32 Å². The van der Waals surface area contributed by atoms with Crippen LogP contribution >= 0.6 is 0 Å². The lowest BCUT2D eigenvalue weighted by molar-refractivity contribution is -0.118. The van der Waals surface area contributed by atoms with Gasteiger partial charge in [-0.1, -0.05) is 57.5 Å². The number of carbonyl (C=O) groups excluding carboxylic acids is 2. The summed E-state index contributed by atoms with van der Waals surface area (Å²) in [5.41, 5.74) is 3.59. The molecule has 2 N–H and O–H groups in total. The summed E-state index contributed by atoms with van der Waals surface area (Å²) in [5.74, 6) is -0.0388. The number of benzene rings is 2. The Hall–Kier alpha value is -2.62. The first-order valence-corrected chi connectivity index (χ1v) is 9.06. The molecule has 0 spiro atoms. The van der Waals surface area contributed by atoms with Gasteiger partial charge >= 0.3 is 0 Å². The first kappa shape index (κ1) is 19.7. The summed E-state index contributed by atoms with van der Waals surface area (Å²) in [4.78, 5) is 25.1. The van der Waals surface area contributed by atoms with Gasteiger partial charge in [-0.15, -0.1) is 0 Å². The SMILES string of the molecule is Cc1ccc(C(=O)NC(C(=O)Nc2ccc(C(C)C)cc2)C(C)C)cc1. The maximum Gasteiger partial charge on any atom is 0.251 e. The van der Waals surface area contributed by atoms with Crippen LogP contribution in [0.2, 0.25) is 0 Å². The lowest BCUT2D eigenvalue weighted by atomic mass is 10.0. The summed E-state index contributed by atoms with van der Waals surface area (Å²) < 4.78 is 0. The second kappa shape index (κ2) is 8.65. The molecule has 0 aliphatic carbocycles. The summed E-state index contributed by atoms with van der Waals surface area (Å²) in [6.07, 6.45) is 0. The molecule has 0 saturated carbocycles. The first-order valence-electron chi connectivity index (χ1n) is 9.06. The number of amides is 2. The molecule has 2 aromatic rings. The van der Waals surface area contributed by atoms with Gasteiger partial charge in [0.25, 0.3) is 5.91 Å². The van der Waals surface area contributed by atoms with Gasteiger partial charge in [0.2, 0.25) is 5.91 Å². The van der Waals surface area contributed by atoms with Crippen LogP contribution in [0.4, 0.5) is 5.69 Å². The van der Waals surface area contributed by atoms with Gasteiger partial charge < -0.3 is 10.6 Å². The zero-order valence-electron chi connectivity index (χ0n) is 16.2. The Morgan fingerprint density at radius 1 is 0.846 bits per heavy atom. The van der Waals surface area contributed by atoms with Gasteiger partial charge in [-0.25, -0.2) is 0 Å². The molecule has 0 aromatic heterocycles. The smallest absolute Gasteiger partial charge is 0.251 e. The van der Waals surface area contributed by atoms with E-state index in [-0.39, 0.29) is 17.7 Å². The van der Waals surface area contributed by atoms with Crippen LogP contribution in [0, 0.1) is 12.8 Å². The van der Waals surface area contributed by atoms with Crippen molar-refractivity contribution in [2.24, 2.45) is 5.92 Å². The van der Waals surface area contributed by atoms with Crippen molar-refractivity contribution in [2.45, 2.75) is 46.6 Å². The van der Waals surface area contributed by atoms with Crippen LogP contribution in [0.25, 0.3) is 0 Å². The molecular formula is C22H28N2O2. The molecule has 0 bridgehead atoms. The third-order valence-electron chi connectivity index (χ3n) is 4.39. The zero-order valence-corrected chi connectivity index (χ0v) is 16.2. The van der Waals surface area contributed by atoms with E-state index in [2.05, 4.69) is 24.5 Å². The molecule has 138 valence electrons. The van der Waals surface area contributed by atoms with Crippen molar-refractivity contribution in [1.29, 1.82) is 0 Å². The van der Waals surface area contributed by atoms with Gasteiger partial charge in [0.1, 0.15) is 6.04 Å². The van der Waals surface area contributed by atoms with E-state index in [1.807, 2.05) is 57.2 Å². The molecule has 2 amide bonds. The highest BCUT2D eigenvalue weighted by molar-refractivity contribution is 6.01. The van der Waals surface area contributed by atoms with Crippen LogP contribution < -0.4 is 10.6 Å². The van der Waals surface area contributed by atoms with Crippen molar-refractivity contribution in [3.8, 4) is 0 Å². The minimum absolute atomic E-state index is 0.0284. The predicted molar refractivity (Wildman–Crippen MR) is 106 cm³/mol. The summed E-state index contributed by atoms with van der Waals surface area (Å²) in [6, 6.07) is 14.5. The highest BCUT2D eigenvalue weighted by Crippen LogP contribution is 2.18. The third-order valence-corrected chi connectivity index (χ3v) is 4.39. The molecule has 0 radical (unpaired) electrons. The van der Waals surface area contributed by atoms with E-state index in [1.54, 1.807) is 12.1 Å². The molecular weight excluding hydrogens is 324 g/mol. The topological polar surface area (TPSA) is 58.2 Å². The maximum atomic E-state index is 12.7. The molecule has 2 aromatic carbocycles. The quantitative estimate of drug-likeness (QED) is 0.803. The molecule has 26 heavy (non-hydrogen) atoms. The second-order valence-electron chi connectivity index (χ2n) is 7.33. The summed E-state index contributed by atoms with van der Waals surface area (Å²) in [7, 11) is 0. The molecule has 1 atom stereocenters. The molecule has 4 heteroatoms. The number of nitrogens with one attached hydrogen (secondary N) is 2.